The van der Waals surface area contributed by atoms with Gasteiger partial charge in [-0.3, -0.25) is 15.6 Å². The minimum Gasteiger partial charge on any atom is -0.348 e. The zero-order valence-electron chi connectivity index (χ0n) is 10.0. The highest BCUT2D eigenvalue weighted by atomic mass is 32.1. The third kappa shape index (κ3) is 2.57. The Hall–Kier alpha value is -1.17. The minimum absolute atomic E-state index is 0.0449. The van der Waals surface area contributed by atoms with Crippen molar-refractivity contribution in [3.8, 4) is 0 Å². The van der Waals surface area contributed by atoms with Crippen LogP contribution in [-0.2, 0) is 4.79 Å². The first-order valence-corrected chi connectivity index (χ1v) is 6.53. The fourth-order valence-corrected chi connectivity index (χ4v) is 2.67. The number of hydrazine groups is 1. The van der Waals surface area contributed by atoms with E-state index in [1.807, 2.05) is 6.92 Å². The number of amidine groups is 1. The lowest BCUT2D eigenvalue weighted by atomic mass is 9.81. The van der Waals surface area contributed by atoms with Crippen LogP contribution in [0.1, 0.15) is 45.4 Å². The van der Waals surface area contributed by atoms with Gasteiger partial charge in [0.1, 0.15) is 5.84 Å². The van der Waals surface area contributed by atoms with E-state index in [2.05, 4.69) is 21.2 Å². The highest BCUT2D eigenvalue weighted by molar-refractivity contribution is 7.80. The van der Waals surface area contributed by atoms with Crippen LogP contribution in [0, 0.1) is 0 Å². The molecule has 0 aromatic rings. The Bertz CT molecular complexity index is 360. The number of hydrogen-bond acceptors (Lipinski definition) is 3. The van der Waals surface area contributed by atoms with Crippen LogP contribution in [0.5, 0.6) is 0 Å². The number of thiocarbonyl (C=S) groups is 1. The number of hydrogen-bond donors (Lipinski definition) is 3. The SMILES string of the molecule is CCC(=O)NNC1=NC(=S)NC12CCCCC2. The summed E-state index contributed by atoms with van der Waals surface area (Å²) in [7, 11) is 0. The highest BCUT2D eigenvalue weighted by Crippen LogP contribution is 2.31. The van der Waals surface area contributed by atoms with Gasteiger partial charge in [0.2, 0.25) is 5.91 Å². The van der Waals surface area contributed by atoms with Gasteiger partial charge in [-0.15, -0.1) is 0 Å². The molecule has 1 saturated carbocycles. The van der Waals surface area contributed by atoms with Crippen LogP contribution in [0.4, 0.5) is 0 Å². The molecule has 2 rings (SSSR count). The van der Waals surface area contributed by atoms with E-state index in [0.717, 1.165) is 31.5 Å². The molecule has 0 aromatic heterocycles. The van der Waals surface area contributed by atoms with Gasteiger partial charge in [0.25, 0.3) is 0 Å². The third-order valence-electron chi connectivity index (χ3n) is 3.36. The largest absolute Gasteiger partial charge is 0.348 e. The van der Waals surface area contributed by atoms with Crippen molar-refractivity contribution in [2.75, 3.05) is 0 Å². The average Bonchev–Trinajstić information content (AvgIpc) is 2.63. The molecule has 3 N–H and O–H groups in total. The summed E-state index contributed by atoms with van der Waals surface area (Å²) in [6.07, 6.45) is 6.06. The van der Waals surface area contributed by atoms with E-state index >= 15 is 0 Å². The molecule has 94 valence electrons. The van der Waals surface area contributed by atoms with Gasteiger partial charge in [0, 0.05) is 6.42 Å². The molecule has 1 aliphatic heterocycles. The van der Waals surface area contributed by atoms with Gasteiger partial charge in [-0.05, 0) is 25.1 Å². The molecule has 1 heterocycles. The number of rotatable bonds is 1. The van der Waals surface area contributed by atoms with Crippen molar-refractivity contribution >= 4 is 29.1 Å². The summed E-state index contributed by atoms with van der Waals surface area (Å²) in [5.74, 6) is 0.723. The van der Waals surface area contributed by atoms with Crippen LogP contribution in [0.25, 0.3) is 0 Å². The van der Waals surface area contributed by atoms with E-state index < -0.39 is 0 Å². The average molecular weight is 254 g/mol. The summed E-state index contributed by atoms with van der Waals surface area (Å²) in [4.78, 5) is 15.5. The Morgan fingerprint density at radius 1 is 1.47 bits per heavy atom. The summed E-state index contributed by atoms with van der Waals surface area (Å²) in [5.41, 5.74) is 5.40. The van der Waals surface area contributed by atoms with Gasteiger partial charge in [0.15, 0.2) is 5.11 Å². The van der Waals surface area contributed by atoms with Crippen molar-refractivity contribution in [2.45, 2.75) is 51.0 Å². The van der Waals surface area contributed by atoms with Crippen molar-refractivity contribution in [2.24, 2.45) is 4.99 Å². The number of carbonyl (C=O) groups excluding carboxylic acids is 1. The first-order chi connectivity index (χ1) is 8.16. The molecule has 2 aliphatic rings. The summed E-state index contributed by atoms with van der Waals surface area (Å²) < 4.78 is 0. The van der Waals surface area contributed by atoms with Crippen LogP contribution < -0.4 is 16.2 Å². The van der Waals surface area contributed by atoms with Gasteiger partial charge >= 0.3 is 0 Å². The fourth-order valence-electron chi connectivity index (χ4n) is 2.38. The number of nitrogens with one attached hydrogen (secondary N) is 3. The second-order valence-corrected chi connectivity index (χ2v) is 4.95. The lowest BCUT2D eigenvalue weighted by Crippen LogP contribution is -2.57. The zero-order chi connectivity index (χ0) is 12.3. The normalized spacial score (nSPS) is 21.9. The standard InChI is InChI=1S/C11H18N4OS/c1-2-8(16)14-15-9-11(13-10(17)12-9)6-4-3-5-7-11/h2-7H2,1H3,(H,14,16)(H2,12,13,15,17). The van der Waals surface area contributed by atoms with E-state index in [1.165, 1.54) is 6.42 Å². The lowest BCUT2D eigenvalue weighted by Gasteiger charge is -2.34. The summed E-state index contributed by atoms with van der Waals surface area (Å²) in [6, 6.07) is 0. The van der Waals surface area contributed by atoms with Crippen LogP contribution >= 0.6 is 12.2 Å². The first kappa shape index (κ1) is 12.3. The maximum atomic E-state index is 11.2. The molecule has 6 heteroatoms. The lowest BCUT2D eigenvalue weighted by molar-refractivity contribution is -0.121. The minimum atomic E-state index is -0.170. The van der Waals surface area contributed by atoms with Gasteiger partial charge < -0.3 is 5.32 Å². The molecular formula is C11H18N4OS. The van der Waals surface area contributed by atoms with Gasteiger partial charge in [-0.25, -0.2) is 4.99 Å². The molecule has 0 atom stereocenters. The molecule has 0 aromatic carbocycles. The van der Waals surface area contributed by atoms with E-state index in [4.69, 9.17) is 12.2 Å². The quantitative estimate of drug-likeness (QED) is 0.482. The highest BCUT2D eigenvalue weighted by Gasteiger charge is 2.42. The number of aliphatic imine (C=N–C) groups is 1. The maximum Gasteiger partial charge on any atom is 0.238 e. The Morgan fingerprint density at radius 2 is 2.18 bits per heavy atom. The molecule has 1 fully saturated rings. The smallest absolute Gasteiger partial charge is 0.238 e. The second-order valence-electron chi connectivity index (χ2n) is 4.56. The van der Waals surface area contributed by atoms with Crippen LogP contribution in [-0.4, -0.2) is 22.4 Å². The molecule has 0 unspecified atom stereocenters. The van der Waals surface area contributed by atoms with Gasteiger partial charge in [-0.2, -0.15) is 0 Å². The topological polar surface area (TPSA) is 65.5 Å². The molecule has 17 heavy (non-hydrogen) atoms. The number of carbonyl (C=O) groups is 1. The third-order valence-corrected chi connectivity index (χ3v) is 3.55. The van der Waals surface area contributed by atoms with Crippen molar-refractivity contribution in [1.82, 2.24) is 16.2 Å². The molecule has 5 nitrogen and oxygen atoms in total. The zero-order valence-corrected chi connectivity index (χ0v) is 10.8. The van der Waals surface area contributed by atoms with Crippen LogP contribution in [0.15, 0.2) is 4.99 Å². The fraction of sp³-hybridized carbons (Fsp3) is 0.727. The predicted molar refractivity (Wildman–Crippen MR) is 70.6 cm³/mol. The second kappa shape index (κ2) is 5.00. The molecule has 0 saturated heterocycles. The number of nitrogens with zero attached hydrogens (tertiary/aromatic N) is 1. The first-order valence-electron chi connectivity index (χ1n) is 6.12. The monoisotopic (exact) mass is 254 g/mol. The van der Waals surface area contributed by atoms with E-state index in [-0.39, 0.29) is 11.4 Å². The Kier molecular flexibility index (Phi) is 3.61. The van der Waals surface area contributed by atoms with Crippen molar-refractivity contribution in [1.29, 1.82) is 0 Å². The maximum absolute atomic E-state index is 11.2. The molecule has 1 amide bonds. The molecule has 0 radical (unpaired) electrons. The Balaban J connectivity index is 2.04. The van der Waals surface area contributed by atoms with Crippen molar-refractivity contribution in [3.63, 3.8) is 0 Å². The molecular weight excluding hydrogens is 236 g/mol. The molecule has 0 bridgehead atoms. The van der Waals surface area contributed by atoms with E-state index in [1.54, 1.807) is 0 Å². The summed E-state index contributed by atoms with van der Waals surface area (Å²) in [6.45, 7) is 1.81. The number of amides is 1. The Morgan fingerprint density at radius 3 is 2.82 bits per heavy atom. The van der Waals surface area contributed by atoms with Gasteiger partial charge in [-0.1, -0.05) is 26.2 Å². The van der Waals surface area contributed by atoms with E-state index in [0.29, 0.717) is 11.5 Å². The molecule has 1 spiro atoms. The Labute approximate surface area is 106 Å². The molecule has 1 aliphatic carbocycles. The summed E-state index contributed by atoms with van der Waals surface area (Å²) in [5, 5.41) is 3.79. The van der Waals surface area contributed by atoms with Crippen LogP contribution in [0.3, 0.4) is 0 Å². The van der Waals surface area contributed by atoms with E-state index in [9.17, 15) is 4.79 Å². The van der Waals surface area contributed by atoms with Gasteiger partial charge in [0.05, 0.1) is 5.54 Å². The van der Waals surface area contributed by atoms with Crippen molar-refractivity contribution < 1.29 is 4.79 Å². The van der Waals surface area contributed by atoms with Crippen molar-refractivity contribution in [3.05, 3.63) is 0 Å². The van der Waals surface area contributed by atoms with Crippen LogP contribution in [0.2, 0.25) is 0 Å². The predicted octanol–water partition coefficient (Wildman–Crippen LogP) is 1.01. The summed E-state index contributed by atoms with van der Waals surface area (Å²) >= 11 is 5.11.